The number of unbranched alkanes of at least 4 members (excludes halogenated alkanes) is 2. The lowest BCUT2D eigenvalue weighted by Gasteiger charge is -2.05. The predicted octanol–water partition coefficient (Wildman–Crippen LogP) is 2.92. The summed E-state index contributed by atoms with van der Waals surface area (Å²) in [4.78, 5) is 23.0. The molecule has 0 aliphatic rings. The fourth-order valence-corrected chi connectivity index (χ4v) is 2.79. The Bertz CT molecular complexity index is 629. The van der Waals surface area contributed by atoms with E-state index in [0.29, 0.717) is 11.1 Å². The first-order chi connectivity index (χ1) is 12.1. The van der Waals surface area contributed by atoms with Crippen molar-refractivity contribution in [3.8, 4) is 0 Å². The van der Waals surface area contributed by atoms with E-state index in [1.54, 1.807) is 0 Å². The fraction of sp³-hybridized carbons (Fsp3) is 0.333. The molecule has 0 amide bonds. The molecule has 0 bridgehead atoms. The minimum atomic E-state index is -0.0225. The van der Waals surface area contributed by atoms with Crippen LogP contribution in [0.4, 0.5) is 0 Å². The van der Waals surface area contributed by atoms with Gasteiger partial charge in [-0.3, -0.25) is 9.59 Å². The molecule has 0 aromatic heterocycles. The molecular formula is C21H26N2O2. The van der Waals surface area contributed by atoms with E-state index in [1.807, 2.05) is 48.5 Å². The number of aryl methyl sites for hydroxylation is 2. The SMILES string of the molecule is NCC(=O)c1ccc(CCCCCc2ccc(C(=O)CN)cc2)cc1. The van der Waals surface area contributed by atoms with Crippen molar-refractivity contribution in [2.75, 3.05) is 13.1 Å². The number of nitrogens with two attached hydrogens (primary N) is 2. The van der Waals surface area contributed by atoms with E-state index in [-0.39, 0.29) is 24.7 Å². The molecule has 2 rings (SSSR count). The molecule has 0 fully saturated rings. The number of rotatable bonds is 10. The van der Waals surface area contributed by atoms with Crippen LogP contribution in [0, 0.1) is 0 Å². The largest absolute Gasteiger partial charge is 0.324 e. The van der Waals surface area contributed by atoms with E-state index >= 15 is 0 Å². The third-order valence-electron chi connectivity index (χ3n) is 4.35. The number of carbonyl (C=O) groups is 2. The highest BCUT2D eigenvalue weighted by atomic mass is 16.1. The number of hydrogen-bond donors (Lipinski definition) is 2. The van der Waals surface area contributed by atoms with Crippen molar-refractivity contribution in [3.05, 3.63) is 70.8 Å². The van der Waals surface area contributed by atoms with Gasteiger partial charge in [0, 0.05) is 11.1 Å². The normalized spacial score (nSPS) is 10.6. The summed E-state index contributed by atoms with van der Waals surface area (Å²) in [6.07, 6.45) is 5.41. The second kappa shape index (κ2) is 9.87. The van der Waals surface area contributed by atoms with Gasteiger partial charge in [-0.1, -0.05) is 55.0 Å². The maximum absolute atomic E-state index is 11.5. The van der Waals surface area contributed by atoms with Gasteiger partial charge in [0.1, 0.15) is 0 Å². The summed E-state index contributed by atoms with van der Waals surface area (Å²) in [7, 11) is 0. The minimum absolute atomic E-state index is 0.0225. The number of ketones is 2. The lowest BCUT2D eigenvalue weighted by molar-refractivity contribution is 0.0993. The molecular weight excluding hydrogens is 312 g/mol. The van der Waals surface area contributed by atoms with Crippen LogP contribution < -0.4 is 11.5 Å². The highest BCUT2D eigenvalue weighted by Gasteiger charge is 2.04. The van der Waals surface area contributed by atoms with Gasteiger partial charge in [-0.15, -0.1) is 0 Å². The van der Waals surface area contributed by atoms with E-state index in [0.717, 1.165) is 32.1 Å². The van der Waals surface area contributed by atoms with Gasteiger partial charge >= 0.3 is 0 Å². The van der Waals surface area contributed by atoms with Crippen LogP contribution in [-0.4, -0.2) is 24.7 Å². The van der Waals surface area contributed by atoms with Gasteiger partial charge in [0.25, 0.3) is 0 Å². The van der Waals surface area contributed by atoms with Crippen molar-refractivity contribution in [2.24, 2.45) is 11.5 Å². The topological polar surface area (TPSA) is 86.2 Å². The van der Waals surface area contributed by atoms with Crippen molar-refractivity contribution in [1.82, 2.24) is 0 Å². The number of carbonyl (C=O) groups excluding carboxylic acids is 2. The molecule has 0 aliphatic carbocycles. The Morgan fingerprint density at radius 2 is 0.960 bits per heavy atom. The Kier molecular flexibility index (Phi) is 7.51. The zero-order valence-corrected chi connectivity index (χ0v) is 14.5. The maximum atomic E-state index is 11.5. The second-order valence-electron chi connectivity index (χ2n) is 6.21. The van der Waals surface area contributed by atoms with E-state index in [9.17, 15) is 9.59 Å². The molecule has 25 heavy (non-hydrogen) atoms. The van der Waals surface area contributed by atoms with Crippen molar-refractivity contribution in [1.29, 1.82) is 0 Å². The summed E-state index contributed by atoms with van der Waals surface area (Å²) in [5.74, 6) is -0.0449. The van der Waals surface area contributed by atoms with E-state index in [4.69, 9.17) is 11.5 Å². The zero-order chi connectivity index (χ0) is 18.1. The van der Waals surface area contributed by atoms with Crippen LogP contribution in [0.25, 0.3) is 0 Å². The van der Waals surface area contributed by atoms with Crippen molar-refractivity contribution < 1.29 is 9.59 Å². The fourth-order valence-electron chi connectivity index (χ4n) is 2.79. The Balaban J connectivity index is 1.69. The average Bonchev–Trinajstić information content (AvgIpc) is 2.67. The van der Waals surface area contributed by atoms with Crippen LogP contribution in [0.3, 0.4) is 0 Å². The highest BCUT2D eigenvalue weighted by molar-refractivity contribution is 5.97. The van der Waals surface area contributed by atoms with Crippen LogP contribution in [0.15, 0.2) is 48.5 Å². The predicted molar refractivity (Wildman–Crippen MR) is 101 cm³/mol. The Morgan fingerprint density at radius 1 is 0.600 bits per heavy atom. The van der Waals surface area contributed by atoms with Crippen molar-refractivity contribution in [2.45, 2.75) is 32.1 Å². The summed E-state index contributed by atoms with van der Waals surface area (Å²) in [6.45, 7) is 0.113. The molecule has 0 saturated heterocycles. The molecule has 132 valence electrons. The molecule has 0 spiro atoms. The van der Waals surface area contributed by atoms with E-state index in [2.05, 4.69) is 0 Å². The molecule has 0 saturated carbocycles. The molecule has 0 aliphatic heterocycles. The van der Waals surface area contributed by atoms with E-state index in [1.165, 1.54) is 11.1 Å². The summed E-state index contributed by atoms with van der Waals surface area (Å²) >= 11 is 0. The first-order valence-corrected chi connectivity index (χ1v) is 8.78. The average molecular weight is 338 g/mol. The van der Waals surface area contributed by atoms with Crippen LogP contribution in [0.2, 0.25) is 0 Å². The van der Waals surface area contributed by atoms with Crippen LogP contribution in [0.5, 0.6) is 0 Å². The van der Waals surface area contributed by atoms with Crippen LogP contribution >= 0.6 is 0 Å². The standard InChI is InChI=1S/C21H26N2O2/c22-14-20(24)18-10-6-16(7-11-18)4-2-1-3-5-17-8-12-19(13-9-17)21(25)15-23/h6-13H,1-5,14-15,22-23H2. The van der Waals surface area contributed by atoms with Gasteiger partial charge in [0.05, 0.1) is 13.1 Å². The number of benzene rings is 2. The van der Waals surface area contributed by atoms with E-state index < -0.39 is 0 Å². The Hall–Kier alpha value is -2.30. The minimum Gasteiger partial charge on any atom is -0.324 e. The molecule has 0 heterocycles. The van der Waals surface area contributed by atoms with Crippen molar-refractivity contribution >= 4 is 11.6 Å². The van der Waals surface area contributed by atoms with Gasteiger partial charge in [-0.05, 0) is 36.8 Å². The first kappa shape index (κ1) is 19.0. The summed E-state index contributed by atoms with van der Waals surface area (Å²) in [6, 6.07) is 15.5. The molecule has 0 unspecified atom stereocenters. The Labute approximate surface area is 149 Å². The number of Topliss-reactive ketones (excluding diaryl/α,β-unsaturated/α-hetero) is 2. The molecule has 2 aromatic rings. The van der Waals surface area contributed by atoms with Crippen LogP contribution in [-0.2, 0) is 12.8 Å². The molecule has 4 nitrogen and oxygen atoms in total. The van der Waals surface area contributed by atoms with Gasteiger partial charge < -0.3 is 11.5 Å². The highest BCUT2D eigenvalue weighted by Crippen LogP contribution is 2.12. The number of hydrogen-bond acceptors (Lipinski definition) is 4. The third kappa shape index (κ3) is 5.93. The summed E-state index contributed by atoms with van der Waals surface area (Å²) < 4.78 is 0. The molecule has 0 atom stereocenters. The monoisotopic (exact) mass is 338 g/mol. The zero-order valence-electron chi connectivity index (χ0n) is 14.5. The first-order valence-electron chi connectivity index (χ1n) is 8.78. The lowest BCUT2D eigenvalue weighted by Crippen LogP contribution is -2.13. The quantitative estimate of drug-likeness (QED) is 0.515. The van der Waals surface area contributed by atoms with Crippen LogP contribution in [0.1, 0.15) is 51.1 Å². The molecule has 4 heteroatoms. The summed E-state index contributed by atoms with van der Waals surface area (Å²) in [5.41, 5.74) is 14.6. The Morgan fingerprint density at radius 3 is 1.28 bits per heavy atom. The van der Waals surface area contributed by atoms with Gasteiger partial charge in [-0.25, -0.2) is 0 Å². The lowest BCUT2D eigenvalue weighted by atomic mass is 10.0. The molecule has 2 aromatic carbocycles. The van der Waals surface area contributed by atoms with Crippen molar-refractivity contribution in [3.63, 3.8) is 0 Å². The third-order valence-corrected chi connectivity index (χ3v) is 4.35. The molecule has 4 N–H and O–H groups in total. The van der Waals surface area contributed by atoms with Gasteiger partial charge in [0.2, 0.25) is 0 Å². The summed E-state index contributed by atoms with van der Waals surface area (Å²) in [5, 5.41) is 0. The van der Waals surface area contributed by atoms with Gasteiger partial charge in [0.15, 0.2) is 11.6 Å². The maximum Gasteiger partial charge on any atom is 0.176 e. The second-order valence-corrected chi connectivity index (χ2v) is 6.21. The van der Waals surface area contributed by atoms with Gasteiger partial charge in [-0.2, -0.15) is 0 Å². The smallest absolute Gasteiger partial charge is 0.176 e. The molecule has 0 radical (unpaired) electrons.